The standard InChI is InChI=1S/C7H14N2O2S2/c8-7(12)5-13(10,11)9-4-6-2-1-3-6/h6,9H,1-5H2,(H2,8,12). The molecule has 0 aromatic rings. The molecule has 1 fully saturated rings. The second-order valence-corrected chi connectivity index (χ2v) is 5.70. The topological polar surface area (TPSA) is 72.2 Å². The summed E-state index contributed by atoms with van der Waals surface area (Å²) in [5.74, 6) is 0.274. The largest absolute Gasteiger partial charge is 0.392 e. The van der Waals surface area contributed by atoms with Gasteiger partial charge in [0.1, 0.15) is 5.75 Å². The predicted molar refractivity (Wildman–Crippen MR) is 55.9 cm³/mol. The number of hydrogen-bond acceptors (Lipinski definition) is 3. The molecule has 1 aliphatic carbocycles. The number of hydrogen-bond donors (Lipinski definition) is 2. The van der Waals surface area contributed by atoms with Crippen LogP contribution in [0.25, 0.3) is 0 Å². The molecule has 1 aliphatic rings. The van der Waals surface area contributed by atoms with Gasteiger partial charge in [-0.2, -0.15) is 0 Å². The fraction of sp³-hybridized carbons (Fsp3) is 0.857. The van der Waals surface area contributed by atoms with Gasteiger partial charge < -0.3 is 5.73 Å². The SMILES string of the molecule is NC(=S)CS(=O)(=O)NCC1CCC1. The Bertz CT molecular complexity index is 283. The predicted octanol–water partition coefficient (Wildman–Crippen LogP) is -0.00800. The summed E-state index contributed by atoms with van der Waals surface area (Å²) in [6.45, 7) is 0.533. The summed E-state index contributed by atoms with van der Waals surface area (Å²) < 4.78 is 24.9. The first kappa shape index (κ1) is 10.9. The first-order valence-electron chi connectivity index (χ1n) is 4.25. The van der Waals surface area contributed by atoms with E-state index in [9.17, 15) is 8.42 Å². The van der Waals surface area contributed by atoms with Crippen LogP contribution in [0.4, 0.5) is 0 Å². The second-order valence-electron chi connectivity index (χ2n) is 3.37. The van der Waals surface area contributed by atoms with E-state index in [0.29, 0.717) is 12.5 Å². The molecule has 1 rings (SSSR count). The normalized spacial score (nSPS) is 18.2. The zero-order valence-electron chi connectivity index (χ0n) is 7.32. The first-order valence-corrected chi connectivity index (χ1v) is 6.31. The molecular weight excluding hydrogens is 208 g/mol. The fourth-order valence-corrected chi connectivity index (χ4v) is 2.61. The zero-order valence-corrected chi connectivity index (χ0v) is 8.96. The molecule has 0 aromatic heterocycles. The van der Waals surface area contributed by atoms with Crippen molar-refractivity contribution in [2.75, 3.05) is 12.3 Å². The highest BCUT2D eigenvalue weighted by atomic mass is 32.2. The first-order chi connectivity index (χ1) is 5.99. The van der Waals surface area contributed by atoms with Gasteiger partial charge in [0, 0.05) is 6.54 Å². The van der Waals surface area contributed by atoms with Crippen LogP contribution in [-0.4, -0.2) is 25.7 Å². The summed E-state index contributed by atoms with van der Waals surface area (Å²) in [5, 5.41) is 0. The molecule has 4 nitrogen and oxygen atoms in total. The lowest BCUT2D eigenvalue weighted by atomic mass is 9.86. The monoisotopic (exact) mass is 222 g/mol. The van der Waals surface area contributed by atoms with E-state index in [1.807, 2.05) is 0 Å². The number of nitrogens with two attached hydrogens (primary N) is 1. The molecule has 3 N–H and O–H groups in total. The van der Waals surface area contributed by atoms with E-state index in [1.165, 1.54) is 6.42 Å². The molecule has 76 valence electrons. The van der Waals surface area contributed by atoms with Crippen molar-refractivity contribution in [2.24, 2.45) is 11.7 Å². The average molecular weight is 222 g/mol. The van der Waals surface area contributed by atoms with E-state index in [0.717, 1.165) is 12.8 Å². The van der Waals surface area contributed by atoms with Crippen LogP contribution in [0.1, 0.15) is 19.3 Å². The summed E-state index contributed by atoms with van der Waals surface area (Å²) in [6.07, 6.45) is 3.45. The van der Waals surface area contributed by atoms with E-state index in [-0.39, 0.29) is 10.7 Å². The summed E-state index contributed by atoms with van der Waals surface area (Å²) >= 11 is 4.52. The van der Waals surface area contributed by atoms with Crippen LogP contribution in [0.5, 0.6) is 0 Å². The molecular formula is C7H14N2O2S2. The lowest BCUT2D eigenvalue weighted by molar-refractivity contribution is 0.316. The maximum Gasteiger partial charge on any atom is 0.218 e. The van der Waals surface area contributed by atoms with Gasteiger partial charge in [-0.25, -0.2) is 13.1 Å². The molecule has 13 heavy (non-hydrogen) atoms. The van der Waals surface area contributed by atoms with Crippen LogP contribution < -0.4 is 10.5 Å². The van der Waals surface area contributed by atoms with Crippen molar-refractivity contribution < 1.29 is 8.42 Å². The Kier molecular flexibility index (Phi) is 3.63. The molecule has 0 unspecified atom stereocenters. The van der Waals surface area contributed by atoms with Gasteiger partial charge in [0.25, 0.3) is 0 Å². The van der Waals surface area contributed by atoms with Crippen LogP contribution in [0.15, 0.2) is 0 Å². The molecule has 0 atom stereocenters. The van der Waals surface area contributed by atoms with Crippen LogP contribution in [0.3, 0.4) is 0 Å². The molecule has 0 bridgehead atoms. The van der Waals surface area contributed by atoms with Gasteiger partial charge >= 0.3 is 0 Å². The van der Waals surface area contributed by atoms with Gasteiger partial charge in [-0.1, -0.05) is 18.6 Å². The smallest absolute Gasteiger partial charge is 0.218 e. The molecule has 6 heteroatoms. The number of rotatable bonds is 5. The van der Waals surface area contributed by atoms with Crippen LogP contribution in [-0.2, 0) is 10.0 Å². The summed E-state index contributed by atoms with van der Waals surface area (Å²) in [5.41, 5.74) is 5.14. The molecule has 0 aliphatic heterocycles. The van der Waals surface area contributed by atoms with Gasteiger partial charge in [0.05, 0.1) is 4.99 Å². The minimum atomic E-state index is -3.27. The maximum absolute atomic E-state index is 11.2. The Balaban J connectivity index is 2.28. The highest BCUT2D eigenvalue weighted by molar-refractivity contribution is 7.92. The number of thiocarbonyl (C=S) groups is 1. The summed E-state index contributed by atoms with van der Waals surface area (Å²) in [4.78, 5) is 0.0149. The molecule has 0 saturated heterocycles. The molecule has 1 saturated carbocycles. The minimum absolute atomic E-state index is 0.0149. The van der Waals surface area contributed by atoms with Crippen molar-refractivity contribution in [2.45, 2.75) is 19.3 Å². The van der Waals surface area contributed by atoms with Crippen LogP contribution >= 0.6 is 12.2 Å². The Hall–Kier alpha value is -0.200. The Labute approximate surface area is 83.9 Å². The molecule has 0 radical (unpaired) electrons. The van der Waals surface area contributed by atoms with Gasteiger partial charge in [0.15, 0.2) is 0 Å². The van der Waals surface area contributed by atoms with Crippen molar-refractivity contribution in [3.8, 4) is 0 Å². The minimum Gasteiger partial charge on any atom is -0.392 e. The van der Waals surface area contributed by atoms with Crippen molar-refractivity contribution >= 4 is 27.2 Å². The van der Waals surface area contributed by atoms with Crippen molar-refractivity contribution in [3.05, 3.63) is 0 Å². The van der Waals surface area contributed by atoms with Crippen LogP contribution in [0.2, 0.25) is 0 Å². The molecule has 0 aromatic carbocycles. The molecule has 0 amide bonds. The van der Waals surface area contributed by atoms with Gasteiger partial charge in [-0.3, -0.25) is 0 Å². The zero-order chi connectivity index (χ0) is 9.90. The number of sulfonamides is 1. The Morgan fingerprint density at radius 1 is 1.54 bits per heavy atom. The summed E-state index contributed by atoms with van der Waals surface area (Å²) in [7, 11) is -3.27. The van der Waals surface area contributed by atoms with Gasteiger partial charge in [0.2, 0.25) is 10.0 Å². The van der Waals surface area contributed by atoms with E-state index >= 15 is 0 Å². The van der Waals surface area contributed by atoms with Gasteiger partial charge in [-0.05, 0) is 18.8 Å². The lowest BCUT2D eigenvalue weighted by Crippen LogP contribution is -2.36. The highest BCUT2D eigenvalue weighted by Crippen LogP contribution is 2.25. The van der Waals surface area contributed by atoms with Crippen molar-refractivity contribution in [3.63, 3.8) is 0 Å². The average Bonchev–Trinajstić information content (AvgIpc) is 1.79. The third-order valence-electron chi connectivity index (χ3n) is 2.15. The van der Waals surface area contributed by atoms with E-state index < -0.39 is 10.0 Å². The second kappa shape index (κ2) is 4.34. The summed E-state index contributed by atoms with van der Waals surface area (Å²) in [6, 6.07) is 0. The van der Waals surface area contributed by atoms with E-state index in [2.05, 4.69) is 16.9 Å². The van der Waals surface area contributed by atoms with Gasteiger partial charge in [-0.15, -0.1) is 0 Å². The number of nitrogens with one attached hydrogen (secondary N) is 1. The fourth-order valence-electron chi connectivity index (χ4n) is 1.18. The van der Waals surface area contributed by atoms with E-state index in [1.54, 1.807) is 0 Å². The Morgan fingerprint density at radius 3 is 2.54 bits per heavy atom. The molecule has 0 spiro atoms. The van der Waals surface area contributed by atoms with Crippen molar-refractivity contribution in [1.82, 2.24) is 4.72 Å². The lowest BCUT2D eigenvalue weighted by Gasteiger charge is -2.25. The Morgan fingerprint density at radius 2 is 2.15 bits per heavy atom. The highest BCUT2D eigenvalue weighted by Gasteiger charge is 2.20. The van der Waals surface area contributed by atoms with Crippen LogP contribution in [0, 0.1) is 5.92 Å². The third-order valence-corrected chi connectivity index (χ3v) is 3.77. The maximum atomic E-state index is 11.2. The third kappa shape index (κ3) is 4.02. The quantitative estimate of drug-likeness (QED) is 0.642. The van der Waals surface area contributed by atoms with E-state index in [4.69, 9.17) is 5.73 Å². The van der Waals surface area contributed by atoms with Crippen molar-refractivity contribution in [1.29, 1.82) is 0 Å². The molecule has 0 heterocycles.